The van der Waals surface area contributed by atoms with Gasteiger partial charge in [-0.3, -0.25) is 4.79 Å². The number of aryl methyl sites for hydroxylation is 2. The second-order valence-corrected chi connectivity index (χ2v) is 10.8. The van der Waals surface area contributed by atoms with Gasteiger partial charge in [-0.25, -0.2) is 18.4 Å². The van der Waals surface area contributed by atoms with Gasteiger partial charge >= 0.3 is 0 Å². The Balaban J connectivity index is 1.88. The zero-order valence-electron chi connectivity index (χ0n) is 15.9. The number of amides is 1. The van der Waals surface area contributed by atoms with Gasteiger partial charge in [-0.2, -0.15) is 0 Å². The fraction of sp³-hybridized carbons (Fsp3) is 0.526. The summed E-state index contributed by atoms with van der Waals surface area (Å²) < 4.78 is 25.5. The summed E-state index contributed by atoms with van der Waals surface area (Å²) in [6.45, 7) is 7.91. The number of fused-ring (bicyclic) bond motifs is 1. The van der Waals surface area contributed by atoms with Crippen LogP contribution >= 0.6 is 11.3 Å². The molecule has 1 fully saturated rings. The van der Waals surface area contributed by atoms with Gasteiger partial charge in [0, 0.05) is 12.6 Å². The molecule has 0 saturated heterocycles. The van der Waals surface area contributed by atoms with E-state index in [1.807, 2.05) is 24.8 Å². The number of rotatable bonds is 5. The molecule has 2 aromatic rings. The van der Waals surface area contributed by atoms with Crippen LogP contribution < -0.4 is 0 Å². The van der Waals surface area contributed by atoms with Crippen molar-refractivity contribution in [3.05, 3.63) is 27.9 Å². The first kappa shape index (κ1) is 18.6. The number of pyridine rings is 1. The van der Waals surface area contributed by atoms with Crippen molar-refractivity contribution >= 4 is 27.1 Å². The predicted octanol–water partition coefficient (Wildman–Crippen LogP) is 3.37. The first-order chi connectivity index (χ1) is 12.7. The Morgan fingerprint density at radius 3 is 2.56 bits per heavy atom. The van der Waals surface area contributed by atoms with Crippen LogP contribution in [0, 0.1) is 19.8 Å². The largest absolute Gasteiger partial charge is 0.331 e. The molecule has 0 unspecified atom stereocenters. The Morgan fingerprint density at radius 1 is 1.30 bits per heavy atom. The zero-order valence-corrected chi connectivity index (χ0v) is 17.6. The number of aromatic nitrogens is 2. The molecule has 1 aliphatic heterocycles. The Morgan fingerprint density at radius 2 is 2.00 bits per heavy atom. The van der Waals surface area contributed by atoms with E-state index in [4.69, 9.17) is 0 Å². The highest BCUT2D eigenvalue weighted by Crippen LogP contribution is 2.40. The normalized spacial score (nSPS) is 18.1. The van der Waals surface area contributed by atoms with Gasteiger partial charge in [-0.15, -0.1) is 11.3 Å². The lowest BCUT2D eigenvalue weighted by molar-refractivity contribution is 0.0694. The third-order valence-corrected chi connectivity index (χ3v) is 8.23. The highest BCUT2D eigenvalue weighted by Gasteiger charge is 2.41. The third kappa shape index (κ3) is 3.08. The van der Waals surface area contributed by atoms with Crippen LogP contribution in [0.5, 0.6) is 0 Å². The summed E-state index contributed by atoms with van der Waals surface area (Å²) in [7, 11) is -3.62. The van der Waals surface area contributed by atoms with Gasteiger partial charge in [0.1, 0.15) is 0 Å². The van der Waals surface area contributed by atoms with Crippen molar-refractivity contribution in [1.82, 2.24) is 14.9 Å². The maximum atomic E-state index is 13.1. The number of nitrogens with zero attached hydrogens (tertiary/aromatic N) is 3. The Hall–Kier alpha value is -1.80. The summed E-state index contributed by atoms with van der Waals surface area (Å²) in [6, 6.07) is 2.00. The lowest BCUT2D eigenvalue weighted by Crippen LogP contribution is -2.35. The van der Waals surface area contributed by atoms with E-state index in [-0.39, 0.29) is 28.3 Å². The Kier molecular flexibility index (Phi) is 4.38. The van der Waals surface area contributed by atoms with E-state index in [1.54, 1.807) is 6.92 Å². The second-order valence-electron chi connectivity index (χ2n) is 7.41. The number of hydrogen-bond acceptors (Lipinski definition) is 6. The van der Waals surface area contributed by atoms with Gasteiger partial charge in [-0.1, -0.05) is 6.92 Å². The van der Waals surface area contributed by atoms with Crippen LogP contribution in [0.3, 0.4) is 0 Å². The Labute approximate surface area is 163 Å². The van der Waals surface area contributed by atoms with Crippen molar-refractivity contribution in [2.45, 2.75) is 58.1 Å². The minimum absolute atomic E-state index is 0.0709. The van der Waals surface area contributed by atoms with Crippen molar-refractivity contribution in [3.63, 3.8) is 0 Å². The number of sulfone groups is 1. The minimum atomic E-state index is -3.62. The molecule has 0 bridgehead atoms. The van der Waals surface area contributed by atoms with Crippen LogP contribution in [0.4, 0.5) is 0 Å². The van der Waals surface area contributed by atoms with Crippen LogP contribution in [-0.2, 0) is 16.4 Å². The fourth-order valence-electron chi connectivity index (χ4n) is 3.73. The number of hydrogen-bond donors (Lipinski definition) is 0. The van der Waals surface area contributed by atoms with Crippen LogP contribution in [0.15, 0.2) is 11.1 Å². The molecule has 0 radical (unpaired) electrons. The summed E-state index contributed by atoms with van der Waals surface area (Å²) in [6.07, 6.45) is 2.26. The van der Waals surface area contributed by atoms with E-state index in [0.29, 0.717) is 18.2 Å². The van der Waals surface area contributed by atoms with E-state index in [9.17, 15) is 13.2 Å². The van der Waals surface area contributed by atoms with Crippen LogP contribution in [0.25, 0.3) is 10.6 Å². The smallest absolute Gasteiger partial charge is 0.257 e. The molecule has 1 amide bonds. The monoisotopic (exact) mass is 405 g/mol. The van der Waals surface area contributed by atoms with Crippen LogP contribution in [0.2, 0.25) is 0 Å². The maximum absolute atomic E-state index is 13.1. The number of thiazole rings is 1. The van der Waals surface area contributed by atoms with Crippen molar-refractivity contribution in [2.24, 2.45) is 5.92 Å². The highest BCUT2D eigenvalue weighted by atomic mass is 32.2. The van der Waals surface area contributed by atoms with Gasteiger partial charge in [0.2, 0.25) is 0 Å². The summed E-state index contributed by atoms with van der Waals surface area (Å²) >= 11 is 1.50. The van der Waals surface area contributed by atoms with Gasteiger partial charge in [-0.05, 0) is 51.2 Å². The summed E-state index contributed by atoms with van der Waals surface area (Å²) in [5.41, 5.74) is 2.46. The average Bonchev–Trinajstić information content (AvgIpc) is 3.35. The molecular weight excluding hydrogens is 382 g/mol. The standard InChI is InChI=1S/C19H23N3O3S2/c1-5-27(24,25)18-16-14(9-22(19(16)23)11(3)13-6-7-13)8-15(21-18)17-10(2)20-12(4)26-17/h8,11,13H,5-7,9H2,1-4H3/t11-/m0/s1. The molecular formula is C19H23N3O3S2. The first-order valence-electron chi connectivity index (χ1n) is 9.25. The average molecular weight is 406 g/mol. The van der Waals surface area contributed by atoms with E-state index in [1.165, 1.54) is 11.3 Å². The molecule has 8 heteroatoms. The summed E-state index contributed by atoms with van der Waals surface area (Å²) in [4.78, 5) is 24.7. The van der Waals surface area contributed by atoms with Crippen molar-refractivity contribution in [1.29, 1.82) is 0 Å². The number of carbonyl (C=O) groups excluding carboxylic acids is 1. The van der Waals surface area contributed by atoms with Gasteiger partial charge in [0.05, 0.1) is 32.6 Å². The summed E-state index contributed by atoms with van der Waals surface area (Å²) in [5, 5.41) is 0.836. The molecule has 2 aromatic heterocycles. The molecule has 0 spiro atoms. The maximum Gasteiger partial charge on any atom is 0.257 e. The fourth-order valence-corrected chi connectivity index (χ4v) is 5.65. The van der Waals surface area contributed by atoms with Crippen LogP contribution in [0.1, 0.15) is 53.3 Å². The molecule has 1 atom stereocenters. The molecule has 2 aliphatic rings. The Bertz CT molecular complexity index is 1040. The molecule has 144 valence electrons. The SMILES string of the molecule is CCS(=O)(=O)c1nc(-c2sc(C)nc2C)cc2c1C(=O)N([C@@H](C)C1CC1)C2. The predicted molar refractivity (Wildman–Crippen MR) is 105 cm³/mol. The van der Waals surface area contributed by atoms with Gasteiger partial charge in [0.25, 0.3) is 5.91 Å². The molecule has 0 N–H and O–H groups in total. The van der Waals surface area contributed by atoms with E-state index >= 15 is 0 Å². The lowest BCUT2D eigenvalue weighted by atomic mass is 10.1. The van der Waals surface area contributed by atoms with Crippen molar-refractivity contribution in [3.8, 4) is 10.6 Å². The highest BCUT2D eigenvalue weighted by molar-refractivity contribution is 7.91. The van der Waals surface area contributed by atoms with E-state index in [0.717, 1.165) is 34.0 Å². The summed E-state index contributed by atoms with van der Waals surface area (Å²) in [5.74, 6) is 0.239. The quantitative estimate of drug-likeness (QED) is 0.762. The third-order valence-electron chi connectivity index (χ3n) is 5.49. The van der Waals surface area contributed by atoms with Crippen molar-refractivity contribution < 1.29 is 13.2 Å². The molecule has 27 heavy (non-hydrogen) atoms. The molecule has 0 aromatic carbocycles. The number of carbonyl (C=O) groups is 1. The second kappa shape index (κ2) is 6.38. The van der Waals surface area contributed by atoms with Crippen LogP contribution in [-0.4, -0.2) is 41.0 Å². The van der Waals surface area contributed by atoms with Gasteiger partial charge < -0.3 is 4.90 Å². The lowest BCUT2D eigenvalue weighted by Gasteiger charge is -2.23. The molecule has 4 rings (SSSR count). The van der Waals surface area contributed by atoms with E-state index in [2.05, 4.69) is 16.9 Å². The minimum Gasteiger partial charge on any atom is -0.331 e. The topological polar surface area (TPSA) is 80.2 Å². The van der Waals surface area contributed by atoms with E-state index < -0.39 is 9.84 Å². The van der Waals surface area contributed by atoms with Gasteiger partial charge in [0.15, 0.2) is 14.9 Å². The van der Waals surface area contributed by atoms with Crippen molar-refractivity contribution in [2.75, 3.05) is 5.75 Å². The molecule has 1 aliphatic carbocycles. The first-order valence-corrected chi connectivity index (χ1v) is 11.7. The molecule has 1 saturated carbocycles. The zero-order chi connectivity index (χ0) is 19.5. The molecule has 3 heterocycles. The molecule has 6 nitrogen and oxygen atoms in total.